The minimum atomic E-state index is 0.209. The first-order valence-electron chi connectivity index (χ1n) is 10.8. The Morgan fingerprint density at radius 1 is 1.15 bits per heavy atom. The van der Waals surface area contributed by atoms with Crippen molar-refractivity contribution < 1.29 is 4.79 Å². The van der Waals surface area contributed by atoms with E-state index >= 15 is 0 Å². The Morgan fingerprint density at radius 3 is 2.81 bits per heavy atom. The molecule has 27 heavy (non-hydrogen) atoms. The van der Waals surface area contributed by atoms with Gasteiger partial charge in [0, 0.05) is 25.4 Å². The van der Waals surface area contributed by atoms with Crippen LogP contribution in [-0.4, -0.2) is 17.4 Å². The second-order valence-electron chi connectivity index (χ2n) is 10.2. The maximum Gasteiger partial charge on any atom is 0.220 e. The van der Waals surface area contributed by atoms with Crippen LogP contribution < -0.4 is 5.32 Å². The van der Waals surface area contributed by atoms with Gasteiger partial charge in [-0.1, -0.05) is 19.9 Å². The number of piperidine rings is 1. The maximum absolute atomic E-state index is 12.2. The molecule has 2 saturated carbocycles. The van der Waals surface area contributed by atoms with Crippen molar-refractivity contribution in [3.05, 3.63) is 35.7 Å². The minimum absolute atomic E-state index is 0.209. The highest BCUT2D eigenvalue weighted by Gasteiger charge is 2.58. The molecule has 2 heterocycles. The first-order valence-corrected chi connectivity index (χ1v) is 10.8. The van der Waals surface area contributed by atoms with Gasteiger partial charge in [-0.05, 0) is 96.3 Å². The Labute approximate surface area is 163 Å². The Kier molecular flexibility index (Phi) is 3.83. The number of aromatic nitrogens is 1. The van der Waals surface area contributed by atoms with Crippen LogP contribution in [0.1, 0.15) is 63.5 Å². The van der Waals surface area contributed by atoms with E-state index in [-0.39, 0.29) is 16.7 Å². The van der Waals surface area contributed by atoms with E-state index in [1.165, 1.54) is 48.8 Å². The molecule has 3 aliphatic carbocycles. The second kappa shape index (κ2) is 5.93. The number of carbonyl (C=O) groups is 1. The summed E-state index contributed by atoms with van der Waals surface area (Å²) >= 11 is 0. The molecule has 1 N–H and O–H groups in total. The Morgan fingerprint density at radius 2 is 2.00 bits per heavy atom. The van der Waals surface area contributed by atoms with Crippen LogP contribution in [0.15, 0.2) is 24.5 Å². The largest absolute Gasteiger partial charge is 0.356 e. The lowest BCUT2D eigenvalue weighted by molar-refractivity contribution is -0.139. The van der Waals surface area contributed by atoms with E-state index in [0.717, 1.165) is 24.8 Å². The van der Waals surface area contributed by atoms with Gasteiger partial charge in [0.1, 0.15) is 0 Å². The summed E-state index contributed by atoms with van der Waals surface area (Å²) in [7, 11) is 0. The summed E-state index contributed by atoms with van der Waals surface area (Å²) < 4.78 is 0. The summed E-state index contributed by atoms with van der Waals surface area (Å²) in [6, 6.07) is 2.31. The van der Waals surface area contributed by atoms with Crippen LogP contribution >= 0.6 is 0 Å². The zero-order valence-electron chi connectivity index (χ0n) is 16.9. The van der Waals surface area contributed by atoms with E-state index < -0.39 is 0 Å². The molecule has 3 heteroatoms. The standard InChI is InChI=1S/C24H32N2O/c1-15-10-16(13-25-12-15)19-6-7-20-18-5-4-17-14-26-22(27)11-24(17,3)21(18)8-9-23(19,20)2/h6,10,12-13,17-18,20-21H,4-5,7-9,11,14H2,1-3H3,(H,26,27)/t17-,18-,20-,21-,23+,24-/m0/s1. The fourth-order valence-electron chi connectivity index (χ4n) is 7.51. The predicted molar refractivity (Wildman–Crippen MR) is 108 cm³/mol. The molecule has 6 atom stereocenters. The van der Waals surface area contributed by atoms with E-state index in [0.29, 0.717) is 11.8 Å². The average molecular weight is 365 g/mol. The van der Waals surface area contributed by atoms with E-state index in [1.54, 1.807) is 0 Å². The van der Waals surface area contributed by atoms with Crippen LogP contribution in [0.4, 0.5) is 0 Å². The van der Waals surface area contributed by atoms with Gasteiger partial charge in [0.2, 0.25) is 5.91 Å². The molecular weight excluding hydrogens is 332 g/mol. The molecule has 1 saturated heterocycles. The molecule has 0 spiro atoms. The zero-order valence-corrected chi connectivity index (χ0v) is 16.9. The normalized spacial score (nSPS) is 43.2. The summed E-state index contributed by atoms with van der Waals surface area (Å²) in [5.74, 6) is 3.16. The molecular formula is C24H32N2O. The van der Waals surface area contributed by atoms with Gasteiger partial charge < -0.3 is 5.32 Å². The van der Waals surface area contributed by atoms with Gasteiger partial charge in [0.05, 0.1) is 0 Å². The van der Waals surface area contributed by atoms with E-state index in [4.69, 9.17) is 0 Å². The average Bonchev–Trinajstić information content (AvgIpc) is 2.98. The third kappa shape index (κ3) is 2.46. The van der Waals surface area contributed by atoms with Gasteiger partial charge in [0.25, 0.3) is 0 Å². The molecule has 0 unspecified atom stereocenters. The summed E-state index contributed by atoms with van der Waals surface area (Å²) in [6.45, 7) is 7.98. The van der Waals surface area contributed by atoms with E-state index in [1.807, 2.05) is 6.20 Å². The van der Waals surface area contributed by atoms with Crippen LogP contribution in [0.3, 0.4) is 0 Å². The van der Waals surface area contributed by atoms with Crippen molar-refractivity contribution in [2.24, 2.45) is 34.5 Å². The SMILES string of the molecule is Cc1cncc(C2=CC[C@H]3[C@@H]4CC[C@H]5CNC(=O)C[C@]5(C)[C@H]4CC[C@]23C)c1. The van der Waals surface area contributed by atoms with Crippen molar-refractivity contribution in [1.29, 1.82) is 0 Å². The van der Waals surface area contributed by atoms with Gasteiger partial charge in [-0.3, -0.25) is 9.78 Å². The fraction of sp³-hybridized carbons (Fsp3) is 0.667. The van der Waals surface area contributed by atoms with Gasteiger partial charge in [-0.15, -0.1) is 0 Å². The summed E-state index contributed by atoms with van der Waals surface area (Å²) in [5.41, 5.74) is 4.60. The number of hydrogen-bond donors (Lipinski definition) is 1. The topological polar surface area (TPSA) is 42.0 Å². The van der Waals surface area contributed by atoms with Crippen LogP contribution in [-0.2, 0) is 4.79 Å². The molecule has 3 nitrogen and oxygen atoms in total. The molecule has 4 aliphatic rings. The number of allylic oxidation sites excluding steroid dienone is 2. The smallest absolute Gasteiger partial charge is 0.220 e. The van der Waals surface area contributed by atoms with Crippen molar-refractivity contribution in [3.63, 3.8) is 0 Å². The Balaban J connectivity index is 1.46. The van der Waals surface area contributed by atoms with Crippen molar-refractivity contribution in [2.45, 2.75) is 59.3 Å². The van der Waals surface area contributed by atoms with Gasteiger partial charge in [-0.25, -0.2) is 0 Å². The van der Waals surface area contributed by atoms with Crippen LogP contribution in [0.2, 0.25) is 0 Å². The molecule has 3 fully saturated rings. The number of aryl methyl sites for hydroxylation is 1. The lowest BCUT2D eigenvalue weighted by atomic mass is 9.46. The Bertz CT molecular complexity index is 814. The van der Waals surface area contributed by atoms with Crippen LogP contribution in [0.25, 0.3) is 5.57 Å². The molecule has 1 aromatic heterocycles. The van der Waals surface area contributed by atoms with Gasteiger partial charge in [0.15, 0.2) is 0 Å². The number of hydrogen-bond acceptors (Lipinski definition) is 2. The lowest BCUT2D eigenvalue weighted by Crippen LogP contribution is -2.57. The quantitative estimate of drug-likeness (QED) is 0.780. The monoisotopic (exact) mass is 364 g/mol. The first-order chi connectivity index (χ1) is 12.9. The van der Waals surface area contributed by atoms with Crippen molar-refractivity contribution >= 4 is 11.5 Å². The summed E-state index contributed by atoms with van der Waals surface area (Å²) in [6.07, 6.45) is 13.6. The molecule has 1 aromatic rings. The third-order valence-corrected chi connectivity index (χ3v) is 8.92. The van der Waals surface area contributed by atoms with Crippen LogP contribution in [0, 0.1) is 41.4 Å². The number of nitrogens with one attached hydrogen (secondary N) is 1. The minimum Gasteiger partial charge on any atom is -0.356 e. The molecule has 1 amide bonds. The zero-order chi connectivity index (χ0) is 18.8. The molecule has 0 bridgehead atoms. The third-order valence-electron chi connectivity index (χ3n) is 8.92. The molecule has 1 aliphatic heterocycles. The highest BCUT2D eigenvalue weighted by molar-refractivity contribution is 5.78. The Hall–Kier alpha value is -1.64. The lowest BCUT2D eigenvalue weighted by Gasteiger charge is -2.59. The van der Waals surface area contributed by atoms with Crippen LogP contribution in [0.5, 0.6) is 0 Å². The van der Waals surface area contributed by atoms with Crippen molar-refractivity contribution in [2.75, 3.05) is 6.54 Å². The molecule has 0 aromatic carbocycles. The highest BCUT2D eigenvalue weighted by atomic mass is 16.1. The van der Waals surface area contributed by atoms with Gasteiger partial charge >= 0.3 is 0 Å². The van der Waals surface area contributed by atoms with E-state index in [9.17, 15) is 4.79 Å². The number of amides is 1. The number of carbonyl (C=O) groups excluding carboxylic acids is 1. The highest BCUT2D eigenvalue weighted by Crippen LogP contribution is 2.66. The summed E-state index contributed by atoms with van der Waals surface area (Å²) in [5, 5.41) is 3.13. The predicted octanol–water partition coefficient (Wildman–Crippen LogP) is 4.76. The number of pyridine rings is 1. The number of nitrogens with zero attached hydrogens (tertiary/aromatic N) is 1. The molecule has 0 radical (unpaired) electrons. The van der Waals surface area contributed by atoms with Gasteiger partial charge in [-0.2, -0.15) is 0 Å². The number of fused-ring (bicyclic) bond motifs is 5. The number of rotatable bonds is 1. The maximum atomic E-state index is 12.2. The summed E-state index contributed by atoms with van der Waals surface area (Å²) in [4.78, 5) is 16.7. The molecule has 144 valence electrons. The fourth-order valence-corrected chi connectivity index (χ4v) is 7.51. The van der Waals surface area contributed by atoms with Crippen molar-refractivity contribution in [1.82, 2.24) is 10.3 Å². The van der Waals surface area contributed by atoms with E-state index in [2.05, 4.69) is 49.4 Å². The molecule has 5 rings (SSSR count). The second-order valence-corrected chi connectivity index (χ2v) is 10.2. The van der Waals surface area contributed by atoms with Crippen molar-refractivity contribution in [3.8, 4) is 0 Å². The first kappa shape index (κ1) is 17.5.